The largest absolute Gasteiger partial charge is 0.374 e. The van der Waals surface area contributed by atoms with E-state index in [-0.39, 0.29) is 6.04 Å². The van der Waals surface area contributed by atoms with Gasteiger partial charge in [-0.2, -0.15) is 0 Å². The van der Waals surface area contributed by atoms with Crippen LogP contribution in [-0.2, 0) is 0 Å². The molecule has 2 heterocycles. The number of halogens is 1. The van der Waals surface area contributed by atoms with Crippen LogP contribution in [0.2, 0.25) is 5.15 Å². The van der Waals surface area contributed by atoms with Crippen LogP contribution >= 0.6 is 22.9 Å². The average molecular weight is 304 g/mol. The highest BCUT2D eigenvalue weighted by molar-refractivity contribution is 7.18. The van der Waals surface area contributed by atoms with Gasteiger partial charge < -0.3 is 5.32 Å². The van der Waals surface area contributed by atoms with Crippen LogP contribution < -0.4 is 5.32 Å². The van der Waals surface area contributed by atoms with Crippen molar-refractivity contribution in [3.05, 3.63) is 52.3 Å². The standard InChI is InChI=1S/C15H14ClN3S/c1-9-7-12(14(16)17-8-9)18-10(2)15-19-11-5-3-4-6-13(11)20-15/h3-8,10,18H,1-2H3. The quantitative estimate of drug-likeness (QED) is 0.704. The molecule has 0 fully saturated rings. The maximum Gasteiger partial charge on any atom is 0.152 e. The van der Waals surface area contributed by atoms with E-state index < -0.39 is 0 Å². The summed E-state index contributed by atoms with van der Waals surface area (Å²) in [5.41, 5.74) is 2.96. The zero-order valence-corrected chi connectivity index (χ0v) is 12.8. The highest BCUT2D eigenvalue weighted by Crippen LogP contribution is 2.30. The number of rotatable bonds is 3. The van der Waals surface area contributed by atoms with Gasteiger partial charge in [-0.05, 0) is 37.6 Å². The molecule has 0 saturated carbocycles. The number of benzene rings is 1. The average Bonchev–Trinajstić information content (AvgIpc) is 2.87. The first kappa shape index (κ1) is 13.3. The molecule has 0 aliphatic rings. The summed E-state index contributed by atoms with van der Waals surface area (Å²) in [6.45, 7) is 4.08. The van der Waals surface area contributed by atoms with Gasteiger partial charge in [0.2, 0.25) is 0 Å². The molecule has 1 unspecified atom stereocenters. The summed E-state index contributed by atoms with van der Waals surface area (Å²) < 4.78 is 1.20. The molecule has 3 rings (SSSR count). The van der Waals surface area contributed by atoms with Crippen LogP contribution in [0.15, 0.2) is 36.5 Å². The van der Waals surface area contributed by atoms with Gasteiger partial charge in [-0.3, -0.25) is 0 Å². The van der Waals surface area contributed by atoms with Crippen molar-refractivity contribution >= 4 is 38.8 Å². The fourth-order valence-corrected chi connectivity index (χ4v) is 3.15. The van der Waals surface area contributed by atoms with Crippen LogP contribution in [-0.4, -0.2) is 9.97 Å². The smallest absolute Gasteiger partial charge is 0.152 e. The van der Waals surface area contributed by atoms with Crippen molar-refractivity contribution in [2.45, 2.75) is 19.9 Å². The third-order valence-electron chi connectivity index (χ3n) is 3.03. The maximum atomic E-state index is 6.12. The third kappa shape index (κ3) is 2.62. The Morgan fingerprint density at radius 1 is 1.30 bits per heavy atom. The highest BCUT2D eigenvalue weighted by atomic mass is 35.5. The number of nitrogens with zero attached hydrogens (tertiary/aromatic N) is 2. The molecular weight excluding hydrogens is 290 g/mol. The van der Waals surface area contributed by atoms with Gasteiger partial charge in [0.1, 0.15) is 5.01 Å². The van der Waals surface area contributed by atoms with Crippen molar-refractivity contribution in [1.82, 2.24) is 9.97 Å². The molecule has 0 radical (unpaired) electrons. The summed E-state index contributed by atoms with van der Waals surface area (Å²) in [7, 11) is 0. The number of pyridine rings is 1. The zero-order chi connectivity index (χ0) is 14.1. The van der Waals surface area contributed by atoms with Crippen molar-refractivity contribution in [1.29, 1.82) is 0 Å². The van der Waals surface area contributed by atoms with Gasteiger partial charge in [-0.1, -0.05) is 23.7 Å². The Hall–Kier alpha value is -1.65. The van der Waals surface area contributed by atoms with Gasteiger partial charge >= 0.3 is 0 Å². The Balaban J connectivity index is 1.88. The number of hydrogen-bond acceptors (Lipinski definition) is 4. The lowest BCUT2D eigenvalue weighted by Crippen LogP contribution is -2.07. The molecule has 102 valence electrons. The van der Waals surface area contributed by atoms with Gasteiger partial charge in [0, 0.05) is 6.20 Å². The maximum absolute atomic E-state index is 6.12. The Kier molecular flexibility index (Phi) is 3.59. The number of aryl methyl sites for hydroxylation is 1. The lowest BCUT2D eigenvalue weighted by atomic mass is 10.2. The van der Waals surface area contributed by atoms with Crippen LogP contribution in [0.4, 0.5) is 5.69 Å². The lowest BCUT2D eigenvalue weighted by molar-refractivity contribution is 0.872. The molecule has 5 heteroatoms. The second-order valence-corrected chi connectivity index (χ2v) is 6.16. The fourth-order valence-electron chi connectivity index (χ4n) is 2.02. The van der Waals surface area contributed by atoms with Crippen molar-refractivity contribution < 1.29 is 0 Å². The van der Waals surface area contributed by atoms with E-state index >= 15 is 0 Å². The molecule has 0 bridgehead atoms. The van der Waals surface area contributed by atoms with Crippen LogP contribution in [0.3, 0.4) is 0 Å². The fraction of sp³-hybridized carbons (Fsp3) is 0.200. The number of thiazole rings is 1. The number of fused-ring (bicyclic) bond motifs is 1. The molecule has 0 aliphatic carbocycles. The van der Waals surface area contributed by atoms with Crippen LogP contribution in [0.1, 0.15) is 23.5 Å². The summed E-state index contributed by atoms with van der Waals surface area (Å²) in [4.78, 5) is 8.81. The van der Waals surface area contributed by atoms with Gasteiger partial charge in [0.25, 0.3) is 0 Å². The highest BCUT2D eigenvalue weighted by Gasteiger charge is 2.13. The summed E-state index contributed by atoms with van der Waals surface area (Å²) in [6.07, 6.45) is 1.76. The van der Waals surface area contributed by atoms with E-state index in [4.69, 9.17) is 11.6 Å². The monoisotopic (exact) mass is 303 g/mol. The van der Waals surface area contributed by atoms with Crippen molar-refractivity contribution in [3.63, 3.8) is 0 Å². The zero-order valence-electron chi connectivity index (χ0n) is 11.2. The summed E-state index contributed by atoms with van der Waals surface area (Å²) in [6, 6.07) is 10.2. The van der Waals surface area contributed by atoms with E-state index in [1.807, 2.05) is 31.2 Å². The minimum absolute atomic E-state index is 0.0912. The number of nitrogens with one attached hydrogen (secondary N) is 1. The Morgan fingerprint density at radius 3 is 2.90 bits per heavy atom. The minimum atomic E-state index is 0.0912. The third-order valence-corrected chi connectivity index (χ3v) is 4.55. The molecule has 20 heavy (non-hydrogen) atoms. The van der Waals surface area contributed by atoms with Crippen LogP contribution in [0.5, 0.6) is 0 Å². The first-order valence-corrected chi connectivity index (χ1v) is 7.57. The molecule has 0 spiro atoms. The normalized spacial score (nSPS) is 12.6. The van der Waals surface area contributed by atoms with Crippen molar-refractivity contribution in [2.24, 2.45) is 0 Å². The number of aromatic nitrogens is 2. The lowest BCUT2D eigenvalue weighted by Gasteiger charge is -2.13. The van der Waals surface area contributed by atoms with Gasteiger partial charge in [-0.25, -0.2) is 9.97 Å². The van der Waals surface area contributed by atoms with Gasteiger partial charge in [0.15, 0.2) is 5.15 Å². The molecule has 1 aromatic carbocycles. The summed E-state index contributed by atoms with van der Waals surface area (Å²) >= 11 is 7.81. The van der Waals surface area contributed by atoms with E-state index in [0.717, 1.165) is 21.8 Å². The number of hydrogen-bond donors (Lipinski definition) is 1. The first-order valence-electron chi connectivity index (χ1n) is 6.37. The van der Waals surface area contributed by atoms with E-state index in [2.05, 4.69) is 28.3 Å². The summed E-state index contributed by atoms with van der Waals surface area (Å²) in [5.74, 6) is 0. The van der Waals surface area contributed by atoms with Crippen molar-refractivity contribution in [3.8, 4) is 0 Å². The molecule has 0 saturated heterocycles. The van der Waals surface area contributed by atoms with Gasteiger partial charge in [0.05, 0.1) is 21.9 Å². The molecule has 1 atom stereocenters. The molecule has 0 amide bonds. The van der Waals surface area contributed by atoms with Crippen LogP contribution in [0.25, 0.3) is 10.2 Å². The molecular formula is C15H14ClN3S. The minimum Gasteiger partial charge on any atom is -0.374 e. The first-order chi connectivity index (χ1) is 9.63. The van der Waals surface area contributed by atoms with E-state index in [1.165, 1.54) is 4.70 Å². The van der Waals surface area contributed by atoms with E-state index in [9.17, 15) is 0 Å². The Labute approximate surface area is 126 Å². The van der Waals surface area contributed by atoms with E-state index in [1.54, 1.807) is 17.5 Å². The van der Waals surface area contributed by atoms with E-state index in [0.29, 0.717) is 5.15 Å². The summed E-state index contributed by atoms with van der Waals surface area (Å²) in [5, 5.41) is 4.92. The molecule has 1 N–H and O–H groups in total. The second kappa shape index (κ2) is 5.38. The van der Waals surface area contributed by atoms with Crippen molar-refractivity contribution in [2.75, 3.05) is 5.32 Å². The predicted molar refractivity (Wildman–Crippen MR) is 85.6 cm³/mol. The molecule has 0 aliphatic heterocycles. The van der Waals surface area contributed by atoms with Crippen LogP contribution in [0, 0.1) is 6.92 Å². The topological polar surface area (TPSA) is 37.8 Å². The van der Waals surface area contributed by atoms with Gasteiger partial charge in [-0.15, -0.1) is 11.3 Å². The molecule has 2 aromatic heterocycles. The number of anilines is 1. The SMILES string of the molecule is Cc1cnc(Cl)c(NC(C)c2nc3ccccc3s2)c1. The second-order valence-electron chi connectivity index (χ2n) is 4.74. The number of para-hydroxylation sites is 1. The Morgan fingerprint density at radius 2 is 2.10 bits per heavy atom. The Bertz CT molecular complexity index is 721. The predicted octanol–water partition coefficient (Wildman–Crippen LogP) is 4.83. The molecule has 3 nitrogen and oxygen atoms in total. The molecule has 3 aromatic rings.